The Balaban J connectivity index is 0. The third-order valence-electron chi connectivity index (χ3n) is 1.29. The summed E-state index contributed by atoms with van der Waals surface area (Å²) < 4.78 is 0. The Kier molecular flexibility index (Phi) is 7.47. The Morgan fingerprint density at radius 1 is 1.36 bits per heavy atom. The van der Waals surface area contributed by atoms with Crippen LogP contribution in [0, 0.1) is 6.92 Å². The van der Waals surface area contributed by atoms with Crippen LogP contribution in [0.2, 0.25) is 0 Å². The van der Waals surface area contributed by atoms with Gasteiger partial charge in [0.1, 0.15) is 0 Å². The molecule has 0 radical (unpaired) electrons. The van der Waals surface area contributed by atoms with Crippen molar-refractivity contribution in [2.75, 3.05) is 12.4 Å². The van der Waals surface area contributed by atoms with E-state index in [-0.39, 0.29) is 24.8 Å². The number of aryl methyl sites for hydroxylation is 1. The minimum atomic E-state index is 0. The maximum atomic E-state index is 3.95. The minimum Gasteiger partial charge on any atom is -0.388 e. The van der Waals surface area contributed by atoms with E-state index >= 15 is 0 Å². The molecule has 4 heteroatoms. The summed E-state index contributed by atoms with van der Waals surface area (Å²) in [7, 11) is 1.91. The lowest BCUT2D eigenvalue weighted by molar-refractivity contribution is 1.26. The highest BCUT2D eigenvalue weighted by Gasteiger charge is 1.89. The topological polar surface area (TPSA) is 24.9 Å². The monoisotopic (exact) mass is 194 g/mol. The predicted molar refractivity (Wildman–Crippen MR) is 53.0 cm³/mol. The van der Waals surface area contributed by atoms with Crippen LogP contribution in [0.5, 0.6) is 0 Å². The summed E-state index contributed by atoms with van der Waals surface area (Å²) >= 11 is 0. The molecule has 1 aromatic heterocycles. The van der Waals surface area contributed by atoms with Crippen molar-refractivity contribution in [3.05, 3.63) is 24.0 Å². The summed E-state index contributed by atoms with van der Waals surface area (Å²) in [6.45, 7) is 2.03. The van der Waals surface area contributed by atoms with Gasteiger partial charge in [0.15, 0.2) is 0 Å². The van der Waals surface area contributed by atoms with Gasteiger partial charge in [-0.1, -0.05) is 0 Å². The Morgan fingerprint density at radius 3 is 2.36 bits per heavy atom. The average molecular weight is 195 g/mol. The van der Waals surface area contributed by atoms with Crippen LogP contribution in [0.3, 0.4) is 0 Å². The van der Waals surface area contributed by atoms with Crippen molar-refractivity contribution in [3.8, 4) is 0 Å². The number of nitrogens with zero attached hydrogens (tertiary/aromatic N) is 1. The number of pyridine rings is 1. The summed E-state index contributed by atoms with van der Waals surface area (Å²) in [4.78, 5) is 3.95. The van der Waals surface area contributed by atoms with Crippen molar-refractivity contribution in [1.82, 2.24) is 4.98 Å². The molecule has 11 heavy (non-hydrogen) atoms. The zero-order chi connectivity index (χ0) is 6.69. The first-order chi connectivity index (χ1) is 4.34. The number of hydrogen-bond donors (Lipinski definition) is 1. The largest absolute Gasteiger partial charge is 0.388 e. The second-order valence-electron chi connectivity index (χ2n) is 1.94. The van der Waals surface area contributed by atoms with Gasteiger partial charge in [0.25, 0.3) is 0 Å². The number of aromatic nitrogens is 1. The van der Waals surface area contributed by atoms with Crippen LogP contribution < -0.4 is 5.32 Å². The van der Waals surface area contributed by atoms with E-state index in [2.05, 4.69) is 10.3 Å². The summed E-state index contributed by atoms with van der Waals surface area (Å²) in [5.74, 6) is 0. The highest BCUT2D eigenvalue weighted by Crippen LogP contribution is 2.08. The third-order valence-corrected chi connectivity index (χ3v) is 1.29. The van der Waals surface area contributed by atoms with E-state index in [1.807, 2.05) is 26.2 Å². The average Bonchev–Trinajstić information content (AvgIpc) is 1.89. The Bertz CT molecular complexity index is 203. The summed E-state index contributed by atoms with van der Waals surface area (Å²) in [6, 6.07) is 1.95. The van der Waals surface area contributed by atoms with Crippen LogP contribution >= 0.6 is 24.8 Å². The molecule has 1 rings (SSSR count). The second-order valence-corrected chi connectivity index (χ2v) is 1.94. The molecule has 0 aliphatic heterocycles. The zero-order valence-electron chi connectivity index (χ0n) is 6.50. The molecule has 0 fully saturated rings. The molecule has 0 amide bonds. The molecule has 0 saturated heterocycles. The Labute approximate surface area is 79.2 Å². The Hall–Kier alpha value is -0.470. The van der Waals surface area contributed by atoms with Gasteiger partial charge in [-0.3, -0.25) is 4.98 Å². The molecule has 0 spiro atoms. The van der Waals surface area contributed by atoms with Crippen LogP contribution in [-0.4, -0.2) is 12.0 Å². The van der Waals surface area contributed by atoms with Crippen LogP contribution in [0.25, 0.3) is 0 Å². The van der Waals surface area contributed by atoms with Gasteiger partial charge < -0.3 is 5.32 Å². The van der Waals surface area contributed by atoms with Gasteiger partial charge in [0.05, 0.1) is 0 Å². The molecule has 0 bridgehead atoms. The van der Waals surface area contributed by atoms with E-state index in [4.69, 9.17) is 0 Å². The second kappa shape index (κ2) is 6.25. The lowest BCUT2D eigenvalue weighted by Gasteiger charge is -2.00. The van der Waals surface area contributed by atoms with Crippen molar-refractivity contribution in [1.29, 1.82) is 0 Å². The van der Waals surface area contributed by atoms with Gasteiger partial charge in [-0.25, -0.2) is 0 Å². The first-order valence-corrected chi connectivity index (χ1v) is 2.93. The SMILES string of the molecule is CNc1ccncc1C.Cl.Cl. The van der Waals surface area contributed by atoms with Crippen molar-refractivity contribution < 1.29 is 0 Å². The van der Waals surface area contributed by atoms with E-state index in [9.17, 15) is 0 Å². The molecule has 1 aromatic rings. The van der Waals surface area contributed by atoms with Crippen molar-refractivity contribution >= 4 is 30.5 Å². The van der Waals surface area contributed by atoms with E-state index in [0.29, 0.717) is 0 Å². The summed E-state index contributed by atoms with van der Waals surface area (Å²) in [5, 5.41) is 3.06. The Morgan fingerprint density at radius 2 is 2.00 bits per heavy atom. The molecule has 0 aromatic carbocycles. The number of rotatable bonds is 1. The molecule has 2 nitrogen and oxygen atoms in total. The number of nitrogens with one attached hydrogen (secondary N) is 1. The molecule has 0 atom stereocenters. The summed E-state index contributed by atoms with van der Waals surface area (Å²) in [6.07, 6.45) is 3.62. The highest BCUT2D eigenvalue weighted by molar-refractivity contribution is 5.85. The first kappa shape index (κ1) is 13.1. The van der Waals surface area contributed by atoms with Crippen molar-refractivity contribution in [2.45, 2.75) is 6.92 Å². The fourth-order valence-electron chi connectivity index (χ4n) is 0.754. The molecule has 0 aliphatic carbocycles. The first-order valence-electron chi connectivity index (χ1n) is 2.93. The number of hydrogen-bond acceptors (Lipinski definition) is 2. The molecule has 0 unspecified atom stereocenters. The van der Waals surface area contributed by atoms with Crippen molar-refractivity contribution in [2.24, 2.45) is 0 Å². The van der Waals surface area contributed by atoms with E-state index in [0.717, 1.165) is 5.69 Å². The molecule has 1 N–H and O–H groups in total. The smallest absolute Gasteiger partial charge is 0.0398 e. The quantitative estimate of drug-likeness (QED) is 0.743. The van der Waals surface area contributed by atoms with Crippen molar-refractivity contribution in [3.63, 3.8) is 0 Å². The highest BCUT2D eigenvalue weighted by atomic mass is 35.5. The fraction of sp³-hybridized carbons (Fsp3) is 0.286. The molecule has 0 aliphatic rings. The standard InChI is InChI=1S/C7H10N2.2ClH/c1-6-5-9-4-3-7(6)8-2;;/h3-5H,1-2H3,(H,8,9);2*1H. The van der Waals surface area contributed by atoms with Gasteiger partial charge >= 0.3 is 0 Å². The lowest BCUT2D eigenvalue weighted by atomic mass is 10.3. The molecular weight excluding hydrogens is 183 g/mol. The maximum Gasteiger partial charge on any atom is 0.0398 e. The molecule has 64 valence electrons. The zero-order valence-corrected chi connectivity index (χ0v) is 8.13. The minimum absolute atomic E-state index is 0. The van der Waals surface area contributed by atoms with Gasteiger partial charge in [-0.15, -0.1) is 24.8 Å². The van der Waals surface area contributed by atoms with Crippen LogP contribution in [-0.2, 0) is 0 Å². The van der Waals surface area contributed by atoms with E-state index in [1.165, 1.54) is 5.56 Å². The molecular formula is C7H12Cl2N2. The third kappa shape index (κ3) is 3.44. The predicted octanol–water partition coefficient (Wildman–Crippen LogP) is 2.28. The fourth-order valence-corrected chi connectivity index (χ4v) is 0.754. The molecule has 1 heterocycles. The normalized spacial score (nSPS) is 7.45. The van der Waals surface area contributed by atoms with Crippen LogP contribution in [0.15, 0.2) is 18.5 Å². The van der Waals surface area contributed by atoms with Gasteiger partial charge in [0, 0.05) is 25.1 Å². The van der Waals surface area contributed by atoms with E-state index < -0.39 is 0 Å². The maximum absolute atomic E-state index is 3.95. The molecule has 0 saturated carbocycles. The number of anilines is 1. The summed E-state index contributed by atoms with van der Waals surface area (Å²) in [5.41, 5.74) is 2.32. The van der Waals surface area contributed by atoms with Crippen LogP contribution in [0.1, 0.15) is 5.56 Å². The van der Waals surface area contributed by atoms with Crippen LogP contribution in [0.4, 0.5) is 5.69 Å². The van der Waals surface area contributed by atoms with Gasteiger partial charge in [-0.2, -0.15) is 0 Å². The number of halogens is 2. The van der Waals surface area contributed by atoms with E-state index in [1.54, 1.807) is 6.20 Å². The lowest BCUT2D eigenvalue weighted by Crippen LogP contribution is -1.90. The van der Waals surface area contributed by atoms with Gasteiger partial charge in [-0.05, 0) is 18.6 Å². The van der Waals surface area contributed by atoms with Gasteiger partial charge in [0.2, 0.25) is 0 Å².